The van der Waals surface area contributed by atoms with Crippen molar-refractivity contribution in [2.75, 3.05) is 18.8 Å². The van der Waals surface area contributed by atoms with Gasteiger partial charge in [-0.15, -0.1) is 11.8 Å². The lowest BCUT2D eigenvalue weighted by molar-refractivity contribution is -0.127. The van der Waals surface area contributed by atoms with E-state index in [2.05, 4.69) is 44.2 Å². The van der Waals surface area contributed by atoms with Gasteiger partial charge < -0.3 is 10.6 Å². The molecule has 0 saturated carbocycles. The lowest BCUT2D eigenvalue weighted by atomic mass is 9.95. The SMILES string of the molecule is Cc1ccc(C)c(SCC(=O)N2C[C@@H](N)[C@H](c3ccccc3)C2)c1. The molecule has 0 unspecified atom stereocenters. The summed E-state index contributed by atoms with van der Waals surface area (Å²) in [6.45, 7) is 5.53. The Balaban J connectivity index is 1.61. The average Bonchev–Trinajstić information content (AvgIpc) is 2.98. The fourth-order valence-corrected chi connectivity index (χ4v) is 4.21. The molecule has 24 heavy (non-hydrogen) atoms. The Morgan fingerprint density at radius 2 is 1.92 bits per heavy atom. The Bertz CT molecular complexity index is 717. The first-order valence-electron chi connectivity index (χ1n) is 8.33. The highest BCUT2D eigenvalue weighted by Gasteiger charge is 2.33. The minimum absolute atomic E-state index is 0.0158. The van der Waals surface area contributed by atoms with E-state index in [0.29, 0.717) is 12.3 Å². The van der Waals surface area contributed by atoms with Gasteiger partial charge >= 0.3 is 0 Å². The first-order valence-corrected chi connectivity index (χ1v) is 9.31. The van der Waals surface area contributed by atoms with Gasteiger partial charge in [-0.3, -0.25) is 4.79 Å². The molecule has 2 atom stereocenters. The second kappa shape index (κ2) is 7.41. The number of rotatable bonds is 4. The summed E-state index contributed by atoms with van der Waals surface area (Å²) in [5.41, 5.74) is 9.96. The second-order valence-electron chi connectivity index (χ2n) is 6.54. The van der Waals surface area contributed by atoms with E-state index in [1.54, 1.807) is 11.8 Å². The summed E-state index contributed by atoms with van der Waals surface area (Å²) < 4.78 is 0. The number of nitrogens with two attached hydrogens (primary N) is 1. The van der Waals surface area contributed by atoms with Gasteiger partial charge in [0.05, 0.1) is 5.75 Å². The number of carbonyl (C=O) groups excluding carboxylic acids is 1. The summed E-state index contributed by atoms with van der Waals surface area (Å²) in [7, 11) is 0. The van der Waals surface area contributed by atoms with Gasteiger partial charge in [-0.2, -0.15) is 0 Å². The maximum Gasteiger partial charge on any atom is 0.233 e. The van der Waals surface area contributed by atoms with E-state index in [-0.39, 0.29) is 17.9 Å². The molecular formula is C20H24N2OS. The number of carbonyl (C=O) groups is 1. The zero-order valence-corrected chi connectivity index (χ0v) is 15.1. The number of aryl methyl sites for hydroxylation is 2. The number of benzene rings is 2. The van der Waals surface area contributed by atoms with E-state index < -0.39 is 0 Å². The van der Waals surface area contributed by atoms with Gasteiger partial charge in [-0.05, 0) is 31.0 Å². The molecule has 1 saturated heterocycles. The zero-order valence-electron chi connectivity index (χ0n) is 14.2. The second-order valence-corrected chi connectivity index (χ2v) is 7.55. The van der Waals surface area contributed by atoms with Crippen LogP contribution in [0.4, 0.5) is 0 Å². The van der Waals surface area contributed by atoms with Crippen LogP contribution in [0.25, 0.3) is 0 Å². The molecule has 1 amide bonds. The van der Waals surface area contributed by atoms with Crippen LogP contribution >= 0.6 is 11.8 Å². The molecule has 3 rings (SSSR count). The summed E-state index contributed by atoms with van der Waals surface area (Å²) in [6, 6.07) is 16.6. The maximum absolute atomic E-state index is 12.6. The molecule has 2 N–H and O–H groups in total. The molecule has 1 heterocycles. The molecule has 1 aliphatic heterocycles. The number of hydrogen-bond donors (Lipinski definition) is 1. The normalized spacial score (nSPS) is 20.4. The molecule has 2 aromatic rings. The third kappa shape index (κ3) is 3.82. The average molecular weight is 340 g/mol. The van der Waals surface area contributed by atoms with Crippen molar-refractivity contribution in [3.05, 3.63) is 65.2 Å². The smallest absolute Gasteiger partial charge is 0.233 e. The van der Waals surface area contributed by atoms with Crippen LogP contribution in [0.3, 0.4) is 0 Å². The fourth-order valence-electron chi connectivity index (χ4n) is 3.18. The predicted molar refractivity (Wildman–Crippen MR) is 100 cm³/mol. The Morgan fingerprint density at radius 1 is 1.17 bits per heavy atom. The minimum Gasteiger partial charge on any atom is -0.340 e. The highest BCUT2D eigenvalue weighted by molar-refractivity contribution is 8.00. The monoisotopic (exact) mass is 340 g/mol. The van der Waals surface area contributed by atoms with Crippen molar-refractivity contribution in [1.29, 1.82) is 0 Å². The van der Waals surface area contributed by atoms with Crippen molar-refractivity contribution < 1.29 is 4.79 Å². The first-order chi connectivity index (χ1) is 11.5. The van der Waals surface area contributed by atoms with Crippen LogP contribution in [0, 0.1) is 13.8 Å². The molecule has 126 valence electrons. The highest BCUT2D eigenvalue weighted by atomic mass is 32.2. The molecule has 1 aliphatic rings. The van der Waals surface area contributed by atoms with Crippen LogP contribution in [0.2, 0.25) is 0 Å². The van der Waals surface area contributed by atoms with Gasteiger partial charge in [0.15, 0.2) is 0 Å². The van der Waals surface area contributed by atoms with Crippen LogP contribution in [0.5, 0.6) is 0 Å². The fraction of sp³-hybridized carbons (Fsp3) is 0.350. The van der Waals surface area contributed by atoms with E-state index in [9.17, 15) is 4.79 Å². The number of likely N-dealkylation sites (tertiary alicyclic amines) is 1. The zero-order chi connectivity index (χ0) is 17.1. The lowest BCUT2D eigenvalue weighted by Gasteiger charge is -2.17. The van der Waals surface area contributed by atoms with Gasteiger partial charge in [0.1, 0.15) is 0 Å². The maximum atomic E-state index is 12.6. The van der Waals surface area contributed by atoms with Crippen molar-refractivity contribution >= 4 is 17.7 Å². The molecule has 0 aliphatic carbocycles. The highest BCUT2D eigenvalue weighted by Crippen LogP contribution is 2.28. The van der Waals surface area contributed by atoms with Crippen LogP contribution in [-0.4, -0.2) is 35.7 Å². The van der Waals surface area contributed by atoms with Gasteiger partial charge in [0.25, 0.3) is 0 Å². The number of amides is 1. The van der Waals surface area contributed by atoms with Crippen LogP contribution in [0.15, 0.2) is 53.4 Å². The molecule has 0 spiro atoms. The molecule has 0 radical (unpaired) electrons. The summed E-state index contributed by atoms with van der Waals surface area (Å²) in [5, 5.41) is 0. The number of hydrogen-bond acceptors (Lipinski definition) is 3. The summed E-state index contributed by atoms with van der Waals surface area (Å²) in [5.74, 6) is 0.883. The molecule has 0 aromatic heterocycles. The van der Waals surface area contributed by atoms with E-state index >= 15 is 0 Å². The van der Waals surface area contributed by atoms with Crippen molar-refractivity contribution in [3.63, 3.8) is 0 Å². The van der Waals surface area contributed by atoms with Crippen molar-refractivity contribution in [2.45, 2.75) is 30.7 Å². The molecule has 4 heteroatoms. The summed E-state index contributed by atoms with van der Waals surface area (Å²) in [4.78, 5) is 15.7. The summed E-state index contributed by atoms with van der Waals surface area (Å²) in [6.07, 6.45) is 0. The van der Waals surface area contributed by atoms with Crippen LogP contribution in [-0.2, 0) is 4.79 Å². The summed E-state index contributed by atoms with van der Waals surface area (Å²) >= 11 is 1.62. The van der Waals surface area contributed by atoms with Gasteiger partial charge in [0.2, 0.25) is 5.91 Å². The van der Waals surface area contributed by atoms with E-state index in [1.165, 1.54) is 21.6 Å². The van der Waals surface area contributed by atoms with E-state index in [4.69, 9.17) is 5.73 Å². The quantitative estimate of drug-likeness (QED) is 0.868. The Labute approximate surface area is 148 Å². The van der Waals surface area contributed by atoms with Crippen molar-refractivity contribution in [1.82, 2.24) is 4.90 Å². The lowest BCUT2D eigenvalue weighted by Crippen LogP contribution is -2.33. The van der Waals surface area contributed by atoms with Crippen molar-refractivity contribution in [3.8, 4) is 0 Å². The topological polar surface area (TPSA) is 46.3 Å². The van der Waals surface area contributed by atoms with Crippen molar-refractivity contribution in [2.24, 2.45) is 5.73 Å². The molecule has 0 bridgehead atoms. The van der Waals surface area contributed by atoms with Gasteiger partial charge in [0, 0.05) is 29.9 Å². The third-order valence-electron chi connectivity index (χ3n) is 4.64. The van der Waals surface area contributed by atoms with Crippen LogP contribution < -0.4 is 5.73 Å². The Morgan fingerprint density at radius 3 is 2.67 bits per heavy atom. The standard InChI is InChI=1S/C20H24N2OS/c1-14-8-9-15(2)19(10-14)24-13-20(23)22-11-17(18(21)12-22)16-6-4-3-5-7-16/h3-10,17-18H,11-13,21H2,1-2H3/t17-,18+/m0/s1. The Kier molecular flexibility index (Phi) is 5.27. The molecular weight excluding hydrogens is 316 g/mol. The van der Waals surface area contributed by atoms with Gasteiger partial charge in [-0.1, -0.05) is 48.0 Å². The van der Waals surface area contributed by atoms with E-state index in [1.807, 2.05) is 23.1 Å². The van der Waals surface area contributed by atoms with Crippen LogP contribution in [0.1, 0.15) is 22.6 Å². The first kappa shape index (κ1) is 17.1. The molecule has 3 nitrogen and oxygen atoms in total. The number of thioether (sulfide) groups is 1. The van der Waals surface area contributed by atoms with Gasteiger partial charge in [-0.25, -0.2) is 0 Å². The Hall–Kier alpha value is -1.78. The minimum atomic E-state index is 0.0158. The number of nitrogens with zero attached hydrogens (tertiary/aromatic N) is 1. The molecule has 1 fully saturated rings. The largest absolute Gasteiger partial charge is 0.340 e. The molecule has 2 aromatic carbocycles. The predicted octanol–water partition coefficient (Wildman–Crippen LogP) is 3.35. The van der Waals surface area contributed by atoms with E-state index in [0.717, 1.165) is 6.54 Å². The third-order valence-corrected chi connectivity index (χ3v) is 5.78.